The molecule has 0 saturated carbocycles. The highest BCUT2D eigenvalue weighted by molar-refractivity contribution is 6.22. The molecular formula is C15H14ClFO2. The molecule has 19 heavy (non-hydrogen) atoms. The van der Waals surface area contributed by atoms with E-state index < -0.39 is 5.38 Å². The molecule has 0 saturated heterocycles. The topological polar surface area (TPSA) is 18.5 Å². The Morgan fingerprint density at radius 3 is 2.32 bits per heavy atom. The van der Waals surface area contributed by atoms with Crippen molar-refractivity contribution >= 4 is 11.6 Å². The van der Waals surface area contributed by atoms with Gasteiger partial charge in [0.1, 0.15) is 5.82 Å². The fourth-order valence-electron chi connectivity index (χ4n) is 1.87. The van der Waals surface area contributed by atoms with Crippen LogP contribution in [0.25, 0.3) is 0 Å². The first-order valence-electron chi connectivity index (χ1n) is 5.77. The average molecular weight is 281 g/mol. The van der Waals surface area contributed by atoms with Crippen LogP contribution < -0.4 is 9.47 Å². The molecule has 0 radical (unpaired) electrons. The standard InChI is InChI=1S/C15H14ClFO2/c1-18-13-8-7-10(9-14(13)19-2)15(16)11-5-3-4-6-12(11)17/h3-9,15H,1-2H3. The maximum absolute atomic E-state index is 13.7. The van der Waals surface area contributed by atoms with Crippen molar-refractivity contribution in [1.29, 1.82) is 0 Å². The Balaban J connectivity index is 2.39. The van der Waals surface area contributed by atoms with Crippen molar-refractivity contribution < 1.29 is 13.9 Å². The summed E-state index contributed by atoms with van der Waals surface area (Å²) in [6, 6.07) is 11.8. The molecular weight excluding hydrogens is 267 g/mol. The first-order valence-corrected chi connectivity index (χ1v) is 6.21. The molecule has 0 aliphatic heterocycles. The summed E-state index contributed by atoms with van der Waals surface area (Å²) in [5.41, 5.74) is 1.20. The zero-order chi connectivity index (χ0) is 13.8. The molecule has 0 aromatic heterocycles. The molecule has 0 spiro atoms. The van der Waals surface area contributed by atoms with E-state index in [2.05, 4.69) is 0 Å². The minimum atomic E-state index is -0.569. The zero-order valence-electron chi connectivity index (χ0n) is 10.7. The number of methoxy groups -OCH3 is 2. The Morgan fingerprint density at radius 2 is 1.68 bits per heavy atom. The summed E-state index contributed by atoms with van der Waals surface area (Å²) in [4.78, 5) is 0. The third kappa shape index (κ3) is 2.82. The molecule has 0 heterocycles. The normalized spacial score (nSPS) is 12.0. The molecule has 2 aromatic carbocycles. The van der Waals surface area contributed by atoms with Crippen LogP contribution >= 0.6 is 11.6 Å². The number of rotatable bonds is 4. The summed E-state index contributed by atoms with van der Waals surface area (Å²) in [5, 5.41) is -0.569. The second-order valence-corrected chi connectivity index (χ2v) is 4.43. The molecule has 1 unspecified atom stereocenters. The highest BCUT2D eigenvalue weighted by Gasteiger charge is 2.16. The van der Waals surface area contributed by atoms with Crippen LogP contribution in [0.4, 0.5) is 4.39 Å². The summed E-state index contributed by atoms with van der Waals surface area (Å²) in [7, 11) is 3.11. The SMILES string of the molecule is COc1ccc(C(Cl)c2ccccc2F)cc1OC. The Bertz CT molecular complexity index is 572. The summed E-state index contributed by atoms with van der Waals surface area (Å²) < 4.78 is 24.1. The number of alkyl halides is 1. The van der Waals surface area contributed by atoms with Crippen LogP contribution in [0.3, 0.4) is 0 Å². The third-order valence-electron chi connectivity index (χ3n) is 2.88. The van der Waals surface area contributed by atoms with Crippen LogP contribution in [-0.4, -0.2) is 14.2 Å². The molecule has 100 valence electrons. The highest BCUT2D eigenvalue weighted by Crippen LogP contribution is 2.36. The van der Waals surface area contributed by atoms with Gasteiger partial charge in [-0.25, -0.2) is 4.39 Å². The highest BCUT2D eigenvalue weighted by atomic mass is 35.5. The van der Waals surface area contributed by atoms with Gasteiger partial charge in [0.05, 0.1) is 19.6 Å². The van der Waals surface area contributed by atoms with Crippen LogP contribution in [0.5, 0.6) is 11.5 Å². The first-order chi connectivity index (χ1) is 9.17. The Hall–Kier alpha value is -1.74. The van der Waals surface area contributed by atoms with Gasteiger partial charge in [-0.2, -0.15) is 0 Å². The molecule has 0 bridgehead atoms. The predicted octanol–water partition coefficient (Wildman–Crippen LogP) is 4.17. The lowest BCUT2D eigenvalue weighted by atomic mass is 10.0. The fraction of sp³-hybridized carbons (Fsp3) is 0.200. The van der Waals surface area contributed by atoms with E-state index in [1.807, 2.05) is 0 Å². The van der Waals surface area contributed by atoms with Gasteiger partial charge in [0.15, 0.2) is 11.5 Å². The van der Waals surface area contributed by atoms with Crippen LogP contribution in [0.2, 0.25) is 0 Å². The van der Waals surface area contributed by atoms with E-state index in [4.69, 9.17) is 21.1 Å². The Kier molecular flexibility index (Phi) is 4.27. The maximum Gasteiger partial charge on any atom is 0.161 e. The van der Waals surface area contributed by atoms with Crippen molar-refractivity contribution in [3.05, 3.63) is 59.4 Å². The molecule has 2 aromatic rings. The van der Waals surface area contributed by atoms with E-state index in [-0.39, 0.29) is 5.82 Å². The van der Waals surface area contributed by atoms with E-state index in [1.54, 1.807) is 50.6 Å². The van der Waals surface area contributed by atoms with Crippen LogP contribution in [-0.2, 0) is 0 Å². The number of benzene rings is 2. The van der Waals surface area contributed by atoms with Crippen molar-refractivity contribution in [2.24, 2.45) is 0 Å². The summed E-state index contributed by atoms with van der Waals surface area (Å²) in [6.07, 6.45) is 0. The smallest absolute Gasteiger partial charge is 0.161 e. The largest absolute Gasteiger partial charge is 0.493 e. The van der Waals surface area contributed by atoms with Gasteiger partial charge >= 0.3 is 0 Å². The lowest BCUT2D eigenvalue weighted by molar-refractivity contribution is 0.354. The van der Waals surface area contributed by atoms with Crippen molar-refractivity contribution in [2.75, 3.05) is 14.2 Å². The van der Waals surface area contributed by atoms with E-state index >= 15 is 0 Å². The van der Waals surface area contributed by atoms with Crippen LogP contribution in [0.1, 0.15) is 16.5 Å². The summed E-state index contributed by atoms with van der Waals surface area (Å²) in [5.74, 6) is 0.864. The van der Waals surface area contributed by atoms with Gasteiger partial charge in [0, 0.05) is 5.56 Å². The minimum absolute atomic E-state index is 0.322. The summed E-state index contributed by atoms with van der Waals surface area (Å²) in [6.45, 7) is 0. The molecule has 2 rings (SSSR count). The second-order valence-electron chi connectivity index (χ2n) is 4.00. The maximum atomic E-state index is 13.7. The third-order valence-corrected chi connectivity index (χ3v) is 3.37. The molecule has 0 aliphatic rings. The molecule has 1 atom stereocenters. The lowest BCUT2D eigenvalue weighted by Gasteiger charge is -2.14. The minimum Gasteiger partial charge on any atom is -0.493 e. The number of ether oxygens (including phenoxy) is 2. The van der Waals surface area contributed by atoms with Crippen molar-refractivity contribution in [3.63, 3.8) is 0 Å². The Morgan fingerprint density at radius 1 is 1.00 bits per heavy atom. The average Bonchev–Trinajstić information content (AvgIpc) is 2.46. The molecule has 0 N–H and O–H groups in total. The Labute approximate surface area is 116 Å². The van der Waals surface area contributed by atoms with E-state index in [1.165, 1.54) is 6.07 Å². The van der Waals surface area contributed by atoms with Gasteiger partial charge in [-0.15, -0.1) is 11.6 Å². The number of hydrogen-bond donors (Lipinski definition) is 0. The van der Waals surface area contributed by atoms with E-state index in [0.717, 1.165) is 5.56 Å². The zero-order valence-corrected chi connectivity index (χ0v) is 11.4. The number of halogens is 2. The second kappa shape index (κ2) is 5.93. The molecule has 2 nitrogen and oxygen atoms in total. The van der Waals surface area contributed by atoms with Gasteiger partial charge in [0.25, 0.3) is 0 Å². The van der Waals surface area contributed by atoms with Gasteiger partial charge < -0.3 is 9.47 Å². The van der Waals surface area contributed by atoms with Crippen LogP contribution in [0.15, 0.2) is 42.5 Å². The van der Waals surface area contributed by atoms with Crippen LogP contribution in [0, 0.1) is 5.82 Å². The van der Waals surface area contributed by atoms with Gasteiger partial charge in [0.2, 0.25) is 0 Å². The fourth-order valence-corrected chi connectivity index (χ4v) is 2.18. The van der Waals surface area contributed by atoms with Gasteiger partial charge in [-0.05, 0) is 23.8 Å². The monoisotopic (exact) mass is 280 g/mol. The van der Waals surface area contributed by atoms with Crippen molar-refractivity contribution in [3.8, 4) is 11.5 Å². The van der Waals surface area contributed by atoms with Gasteiger partial charge in [-0.3, -0.25) is 0 Å². The molecule has 0 fully saturated rings. The van der Waals surface area contributed by atoms with E-state index in [0.29, 0.717) is 17.1 Å². The number of hydrogen-bond acceptors (Lipinski definition) is 2. The van der Waals surface area contributed by atoms with Gasteiger partial charge in [-0.1, -0.05) is 24.3 Å². The van der Waals surface area contributed by atoms with Crippen molar-refractivity contribution in [2.45, 2.75) is 5.38 Å². The summed E-state index contributed by atoms with van der Waals surface area (Å²) >= 11 is 6.32. The quantitative estimate of drug-likeness (QED) is 0.783. The lowest BCUT2D eigenvalue weighted by Crippen LogP contribution is -1.98. The molecule has 0 amide bonds. The first kappa shape index (κ1) is 13.7. The molecule has 0 aliphatic carbocycles. The van der Waals surface area contributed by atoms with Crippen molar-refractivity contribution in [1.82, 2.24) is 0 Å². The van der Waals surface area contributed by atoms with E-state index in [9.17, 15) is 4.39 Å². The predicted molar refractivity (Wildman–Crippen MR) is 73.6 cm³/mol. The molecule has 4 heteroatoms.